The summed E-state index contributed by atoms with van der Waals surface area (Å²) in [6.45, 7) is 5.70. The number of carbonyl (C=O) groups is 2. The van der Waals surface area contributed by atoms with E-state index >= 15 is 0 Å². The third kappa shape index (κ3) is 4.38. The van der Waals surface area contributed by atoms with Crippen LogP contribution in [0.2, 0.25) is 0 Å². The molecule has 1 N–H and O–H groups in total. The Kier molecular flexibility index (Phi) is 5.80. The Morgan fingerprint density at radius 2 is 2.17 bits per heavy atom. The predicted octanol–water partition coefficient (Wildman–Crippen LogP) is 1.67. The molecule has 0 saturated heterocycles. The van der Waals surface area contributed by atoms with E-state index in [0.29, 0.717) is 0 Å². The average molecular weight is 189 g/mol. The summed E-state index contributed by atoms with van der Waals surface area (Å²) in [5.41, 5.74) is 0. The van der Waals surface area contributed by atoms with Crippen LogP contribution < -0.4 is 5.32 Å². The lowest BCUT2D eigenvalue weighted by atomic mass is 10.1. The van der Waals surface area contributed by atoms with Gasteiger partial charge in [0.15, 0.2) is 0 Å². The molecule has 0 heterocycles. The van der Waals surface area contributed by atoms with E-state index < -0.39 is 0 Å². The minimum absolute atomic E-state index is 0.122. The molecule has 0 bridgehead atoms. The lowest BCUT2D eigenvalue weighted by molar-refractivity contribution is -0.110. The van der Waals surface area contributed by atoms with Crippen molar-refractivity contribution in [3.63, 3.8) is 0 Å². The number of rotatable bonds is 4. The molecule has 0 aliphatic heterocycles. The van der Waals surface area contributed by atoms with Crippen molar-refractivity contribution < 1.29 is 9.59 Å². The van der Waals surface area contributed by atoms with E-state index in [0.717, 1.165) is 12.0 Å². The number of carbonyl (C=O) groups excluding carboxylic acids is 2. The highest BCUT2D eigenvalue weighted by atomic mass is 32.2. The van der Waals surface area contributed by atoms with Crippen molar-refractivity contribution in [3.8, 4) is 0 Å². The predicted molar refractivity (Wildman–Crippen MR) is 51.4 cm³/mol. The second kappa shape index (κ2) is 6.06. The summed E-state index contributed by atoms with van der Waals surface area (Å²) in [4.78, 5) is 21.5. The van der Waals surface area contributed by atoms with E-state index in [1.165, 1.54) is 11.8 Å². The van der Waals surface area contributed by atoms with Crippen LogP contribution in [0.15, 0.2) is 0 Å². The van der Waals surface area contributed by atoms with Gasteiger partial charge < -0.3 is 10.1 Å². The van der Waals surface area contributed by atoms with Gasteiger partial charge in [0.2, 0.25) is 0 Å². The zero-order valence-corrected chi connectivity index (χ0v) is 8.48. The van der Waals surface area contributed by atoms with Crippen LogP contribution in [0, 0.1) is 5.92 Å². The van der Waals surface area contributed by atoms with Crippen LogP contribution in [0.25, 0.3) is 0 Å². The van der Waals surface area contributed by atoms with E-state index in [2.05, 4.69) is 5.32 Å². The fourth-order valence-electron chi connectivity index (χ4n) is 0.667. The first-order chi connectivity index (χ1) is 5.61. The minimum atomic E-state index is -0.350. The van der Waals surface area contributed by atoms with Gasteiger partial charge in [-0.15, -0.1) is 0 Å². The summed E-state index contributed by atoms with van der Waals surface area (Å²) in [6, 6.07) is -0.350. The summed E-state index contributed by atoms with van der Waals surface area (Å²) in [6.07, 6.45) is 0.777. The average Bonchev–Trinajstić information content (AvgIpc) is 2.00. The molecule has 4 heteroatoms. The second-order valence-corrected chi connectivity index (χ2v) is 4.01. The Morgan fingerprint density at radius 3 is 2.50 bits per heavy atom. The number of amides is 1. The van der Waals surface area contributed by atoms with Gasteiger partial charge in [-0.3, -0.25) is 4.79 Å². The monoisotopic (exact) mass is 189 g/mol. The molecule has 0 rings (SSSR count). The van der Waals surface area contributed by atoms with Gasteiger partial charge in [-0.25, -0.2) is 0 Å². The van der Waals surface area contributed by atoms with Crippen LogP contribution in [0.1, 0.15) is 20.8 Å². The van der Waals surface area contributed by atoms with Crippen molar-refractivity contribution in [1.82, 2.24) is 5.32 Å². The molecule has 70 valence electrons. The highest BCUT2D eigenvalue weighted by Crippen LogP contribution is 2.04. The Morgan fingerprint density at radius 1 is 1.58 bits per heavy atom. The van der Waals surface area contributed by atoms with Gasteiger partial charge in [0.05, 0.1) is 6.04 Å². The Bertz CT molecular complexity index is 159. The fraction of sp³-hybridized carbons (Fsp3) is 0.750. The molecule has 1 amide bonds. The van der Waals surface area contributed by atoms with Crippen molar-refractivity contribution in [1.29, 1.82) is 0 Å². The largest absolute Gasteiger partial charge is 0.337 e. The Balaban J connectivity index is 3.85. The molecule has 0 radical (unpaired) electrons. The molecule has 1 atom stereocenters. The molecule has 0 aromatic carbocycles. The van der Waals surface area contributed by atoms with E-state index in [1.54, 1.807) is 0 Å². The lowest BCUT2D eigenvalue weighted by Crippen LogP contribution is -2.37. The van der Waals surface area contributed by atoms with Crippen molar-refractivity contribution in [2.75, 3.05) is 5.75 Å². The first-order valence-corrected chi connectivity index (χ1v) is 4.99. The van der Waals surface area contributed by atoms with Crippen LogP contribution in [-0.2, 0) is 4.79 Å². The maximum Gasteiger partial charge on any atom is 0.279 e. The summed E-state index contributed by atoms with van der Waals surface area (Å²) < 4.78 is 0. The van der Waals surface area contributed by atoms with Crippen molar-refractivity contribution in [2.24, 2.45) is 5.92 Å². The first-order valence-electron chi connectivity index (χ1n) is 4.00. The van der Waals surface area contributed by atoms with Crippen LogP contribution in [0.5, 0.6) is 0 Å². The molecule has 0 aromatic rings. The second-order valence-electron chi connectivity index (χ2n) is 2.77. The summed E-state index contributed by atoms with van der Waals surface area (Å²) in [5, 5.41) is 2.50. The number of nitrogens with one attached hydrogen (secondary N) is 1. The van der Waals surface area contributed by atoms with Gasteiger partial charge in [-0.1, -0.05) is 32.5 Å². The summed E-state index contributed by atoms with van der Waals surface area (Å²) in [7, 11) is 0. The van der Waals surface area contributed by atoms with E-state index in [1.807, 2.05) is 20.8 Å². The van der Waals surface area contributed by atoms with Gasteiger partial charge in [0.1, 0.15) is 6.29 Å². The topological polar surface area (TPSA) is 46.2 Å². The maximum atomic E-state index is 11.0. The molecule has 0 aliphatic rings. The third-order valence-electron chi connectivity index (χ3n) is 1.42. The van der Waals surface area contributed by atoms with Gasteiger partial charge in [0, 0.05) is 0 Å². The standard InChI is InChI=1S/C8H15NO2S/c1-4-12-8(11)9-7(5-10)6(2)3/h5-7H,4H2,1-3H3,(H,9,11). The minimum Gasteiger partial charge on any atom is -0.337 e. The summed E-state index contributed by atoms with van der Waals surface area (Å²) >= 11 is 1.18. The number of aldehydes is 1. The third-order valence-corrected chi connectivity index (χ3v) is 2.09. The molecule has 0 aliphatic carbocycles. The van der Waals surface area contributed by atoms with E-state index in [4.69, 9.17) is 0 Å². The molecule has 1 unspecified atom stereocenters. The Labute approximate surface area is 77.3 Å². The van der Waals surface area contributed by atoms with Gasteiger partial charge in [0.25, 0.3) is 5.24 Å². The number of thioether (sulfide) groups is 1. The molecule has 0 aromatic heterocycles. The van der Waals surface area contributed by atoms with Crippen LogP contribution >= 0.6 is 11.8 Å². The normalized spacial score (nSPS) is 12.7. The van der Waals surface area contributed by atoms with Crippen molar-refractivity contribution in [2.45, 2.75) is 26.8 Å². The molecule has 12 heavy (non-hydrogen) atoms. The highest BCUT2D eigenvalue weighted by molar-refractivity contribution is 8.13. The van der Waals surface area contributed by atoms with Gasteiger partial charge >= 0.3 is 0 Å². The van der Waals surface area contributed by atoms with Crippen LogP contribution in [-0.4, -0.2) is 23.3 Å². The van der Waals surface area contributed by atoms with Crippen molar-refractivity contribution >= 4 is 23.3 Å². The fourth-order valence-corrected chi connectivity index (χ4v) is 1.15. The maximum absolute atomic E-state index is 11.0. The quantitative estimate of drug-likeness (QED) is 0.684. The molecule has 0 fully saturated rings. The number of hydrogen-bond donors (Lipinski definition) is 1. The molecule has 3 nitrogen and oxygen atoms in total. The molecular weight excluding hydrogens is 174 g/mol. The van der Waals surface area contributed by atoms with Gasteiger partial charge in [-0.2, -0.15) is 0 Å². The number of hydrogen-bond acceptors (Lipinski definition) is 3. The zero-order chi connectivity index (χ0) is 9.56. The molecule has 0 saturated carbocycles. The van der Waals surface area contributed by atoms with Gasteiger partial charge in [-0.05, 0) is 11.7 Å². The highest BCUT2D eigenvalue weighted by Gasteiger charge is 2.14. The molecule has 0 spiro atoms. The SMILES string of the molecule is CCSC(=O)NC(C=O)C(C)C. The Hall–Kier alpha value is -0.510. The smallest absolute Gasteiger partial charge is 0.279 e. The van der Waals surface area contributed by atoms with E-state index in [9.17, 15) is 9.59 Å². The van der Waals surface area contributed by atoms with Crippen LogP contribution in [0.4, 0.5) is 4.79 Å². The summed E-state index contributed by atoms with van der Waals surface area (Å²) in [5.74, 6) is 0.888. The van der Waals surface area contributed by atoms with Crippen LogP contribution in [0.3, 0.4) is 0 Å². The first kappa shape index (κ1) is 11.5. The lowest BCUT2D eigenvalue weighted by Gasteiger charge is -2.14. The van der Waals surface area contributed by atoms with Crippen molar-refractivity contribution in [3.05, 3.63) is 0 Å². The van der Waals surface area contributed by atoms with E-state index in [-0.39, 0.29) is 17.2 Å². The molecular formula is C8H15NO2S. The zero-order valence-electron chi connectivity index (χ0n) is 7.66.